The molecule has 1 N–H and O–H groups in total. The highest BCUT2D eigenvalue weighted by Crippen LogP contribution is 2.22. The molecule has 2 aliphatic rings. The summed E-state index contributed by atoms with van der Waals surface area (Å²) in [6.07, 6.45) is 4.06. The molecule has 5 nitrogen and oxygen atoms in total. The number of thiocarbonyl (C=S) groups is 1. The lowest BCUT2D eigenvalue weighted by atomic mass is 10.1. The van der Waals surface area contributed by atoms with E-state index in [0.29, 0.717) is 0 Å². The van der Waals surface area contributed by atoms with Crippen molar-refractivity contribution in [3.05, 3.63) is 35.4 Å². The Kier molecular flexibility index (Phi) is 3.94. The minimum Gasteiger partial charge on any atom is -0.372 e. The number of anilines is 1. The SMILES string of the molecule is CN1C(=O)C(=Cc2ccc(N3CCCC3)cc2)C(=O)NC1=S. The second kappa shape index (κ2) is 5.88. The predicted molar refractivity (Wildman–Crippen MR) is 89.4 cm³/mol. The normalized spacial score (nSPS) is 20.8. The van der Waals surface area contributed by atoms with Gasteiger partial charge in [0.05, 0.1) is 0 Å². The number of rotatable bonds is 2. The molecule has 22 heavy (non-hydrogen) atoms. The lowest BCUT2D eigenvalue weighted by Gasteiger charge is -2.25. The molecule has 0 aromatic heterocycles. The lowest BCUT2D eigenvalue weighted by molar-refractivity contribution is -0.128. The van der Waals surface area contributed by atoms with E-state index in [0.717, 1.165) is 18.7 Å². The summed E-state index contributed by atoms with van der Waals surface area (Å²) in [6, 6.07) is 7.90. The number of likely N-dealkylation sites (N-methyl/N-ethyl adjacent to an activating group) is 1. The highest BCUT2D eigenvalue weighted by molar-refractivity contribution is 7.80. The number of hydrogen-bond donors (Lipinski definition) is 1. The van der Waals surface area contributed by atoms with Crippen LogP contribution in [-0.4, -0.2) is 42.0 Å². The van der Waals surface area contributed by atoms with Crippen molar-refractivity contribution in [1.29, 1.82) is 0 Å². The molecule has 0 radical (unpaired) electrons. The molecule has 2 amide bonds. The molecule has 114 valence electrons. The van der Waals surface area contributed by atoms with Crippen LogP contribution in [0.1, 0.15) is 18.4 Å². The summed E-state index contributed by atoms with van der Waals surface area (Å²) in [4.78, 5) is 27.6. The third-order valence-electron chi connectivity index (χ3n) is 3.98. The number of benzene rings is 1. The molecule has 0 bridgehead atoms. The molecule has 6 heteroatoms. The first-order valence-corrected chi connectivity index (χ1v) is 7.67. The molecule has 2 fully saturated rings. The summed E-state index contributed by atoms with van der Waals surface area (Å²) in [5.74, 6) is -0.825. The molecule has 0 saturated carbocycles. The zero-order valence-electron chi connectivity index (χ0n) is 12.3. The smallest absolute Gasteiger partial charge is 0.265 e. The minimum atomic E-state index is -0.447. The first-order chi connectivity index (χ1) is 10.6. The molecule has 1 aromatic rings. The summed E-state index contributed by atoms with van der Waals surface area (Å²) < 4.78 is 0. The highest BCUT2D eigenvalue weighted by Gasteiger charge is 2.30. The van der Waals surface area contributed by atoms with Crippen LogP contribution in [0.5, 0.6) is 0 Å². The Morgan fingerprint density at radius 2 is 1.77 bits per heavy atom. The molecular weight excluding hydrogens is 298 g/mol. The van der Waals surface area contributed by atoms with Crippen molar-refractivity contribution >= 4 is 40.9 Å². The van der Waals surface area contributed by atoms with Gasteiger partial charge >= 0.3 is 0 Å². The Morgan fingerprint density at radius 3 is 2.41 bits per heavy atom. The predicted octanol–water partition coefficient (Wildman–Crippen LogP) is 1.54. The average Bonchev–Trinajstić information content (AvgIpc) is 3.04. The summed E-state index contributed by atoms with van der Waals surface area (Å²) in [5.41, 5.74) is 2.10. The van der Waals surface area contributed by atoms with Crippen molar-refractivity contribution in [2.75, 3.05) is 25.0 Å². The Morgan fingerprint density at radius 1 is 1.14 bits per heavy atom. The first-order valence-electron chi connectivity index (χ1n) is 7.26. The number of nitrogens with zero attached hydrogens (tertiary/aromatic N) is 2. The van der Waals surface area contributed by atoms with E-state index in [-0.39, 0.29) is 16.6 Å². The molecule has 2 aliphatic heterocycles. The number of amides is 2. The number of carbonyl (C=O) groups excluding carboxylic acids is 2. The molecule has 0 unspecified atom stereocenters. The van der Waals surface area contributed by atoms with Crippen LogP contribution in [0.4, 0.5) is 5.69 Å². The van der Waals surface area contributed by atoms with Crippen molar-refractivity contribution in [2.24, 2.45) is 0 Å². The van der Waals surface area contributed by atoms with Gasteiger partial charge in [0.2, 0.25) is 0 Å². The maximum absolute atomic E-state index is 12.1. The van der Waals surface area contributed by atoms with Gasteiger partial charge in [-0.2, -0.15) is 0 Å². The number of hydrogen-bond acceptors (Lipinski definition) is 4. The van der Waals surface area contributed by atoms with E-state index in [2.05, 4.69) is 10.2 Å². The second-order valence-corrected chi connectivity index (χ2v) is 5.85. The molecule has 0 aliphatic carbocycles. The number of carbonyl (C=O) groups is 2. The van der Waals surface area contributed by atoms with Crippen LogP contribution in [0.15, 0.2) is 29.8 Å². The first kappa shape index (κ1) is 14.7. The Hall–Kier alpha value is -2.21. The Labute approximate surface area is 134 Å². The topological polar surface area (TPSA) is 52.7 Å². The third kappa shape index (κ3) is 2.74. The van der Waals surface area contributed by atoms with Crippen molar-refractivity contribution < 1.29 is 9.59 Å². The van der Waals surface area contributed by atoms with Gasteiger partial charge in [0.15, 0.2) is 5.11 Å². The standard InChI is InChI=1S/C16H17N3O2S/c1-18-15(21)13(14(20)17-16(18)22)10-11-4-6-12(7-5-11)19-8-2-3-9-19/h4-7,10H,2-3,8-9H2,1H3,(H,17,20,22). The van der Waals surface area contributed by atoms with Gasteiger partial charge in [-0.1, -0.05) is 12.1 Å². The van der Waals surface area contributed by atoms with Gasteiger partial charge in [0.1, 0.15) is 5.57 Å². The van der Waals surface area contributed by atoms with E-state index in [4.69, 9.17) is 12.2 Å². The average molecular weight is 315 g/mol. The van der Waals surface area contributed by atoms with Gasteiger partial charge in [-0.05, 0) is 48.8 Å². The van der Waals surface area contributed by atoms with Crippen molar-refractivity contribution in [1.82, 2.24) is 10.2 Å². The zero-order valence-corrected chi connectivity index (χ0v) is 13.2. The molecule has 2 heterocycles. The minimum absolute atomic E-state index is 0.102. The fourth-order valence-electron chi connectivity index (χ4n) is 2.67. The maximum Gasteiger partial charge on any atom is 0.265 e. The third-order valence-corrected chi connectivity index (χ3v) is 4.36. The van der Waals surface area contributed by atoms with E-state index in [9.17, 15) is 9.59 Å². The van der Waals surface area contributed by atoms with Crippen molar-refractivity contribution in [3.8, 4) is 0 Å². The van der Waals surface area contributed by atoms with E-state index >= 15 is 0 Å². The van der Waals surface area contributed by atoms with Gasteiger partial charge in [-0.3, -0.25) is 19.8 Å². The molecule has 0 spiro atoms. The van der Waals surface area contributed by atoms with Crippen LogP contribution in [0.2, 0.25) is 0 Å². The van der Waals surface area contributed by atoms with Crippen LogP contribution < -0.4 is 10.2 Å². The summed E-state index contributed by atoms with van der Waals surface area (Å²) in [5, 5.41) is 2.64. The molecule has 2 saturated heterocycles. The Bertz CT molecular complexity index is 660. The van der Waals surface area contributed by atoms with E-state index < -0.39 is 5.91 Å². The quantitative estimate of drug-likeness (QED) is 0.511. The van der Waals surface area contributed by atoms with Crippen LogP contribution >= 0.6 is 12.2 Å². The maximum atomic E-state index is 12.1. The van der Waals surface area contributed by atoms with Crippen LogP contribution in [0.3, 0.4) is 0 Å². The van der Waals surface area contributed by atoms with Crippen LogP contribution in [0.25, 0.3) is 6.08 Å². The van der Waals surface area contributed by atoms with Gasteiger partial charge in [-0.25, -0.2) is 0 Å². The monoisotopic (exact) mass is 315 g/mol. The van der Waals surface area contributed by atoms with E-state index in [1.807, 2.05) is 24.3 Å². The summed E-state index contributed by atoms with van der Waals surface area (Å²) >= 11 is 4.92. The van der Waals surface area contributed by atoms with Crippen molar-refractivity contribution in [3.63, 3.8) is 0 Å². The van der Waals surface area contributed by atoms with Crippen LogP contribution in [-0.2, 0) is 9.59 Å². The van der Waals surface area contributed by atoms with E-state index in [1.54, 1.807) is 13.1 Å². The number of nitrogens with one attached hydrogen (secondary N) is 1. The lowest BCUT2D eigenvalue weighted by Crippen LogP contribution is -2.52. The molecule has 0 atom stereocenters. The molecule has 3 rings (SSSR count). The molecular formula is C16H17N3O2S. The Balaban J connectivity index is 1.83. The van der Waals surface area contributed by atoms with Gasteiger partial charge in [-0.15, -0.1) is 0 Å². The fraction of sp³-hybridized carbons (Fsp3) is 0.312. The fourth-order valence-corrected chi connectivity index (χ4v) is 2.84. The van der Waals surface area contributed by atoms with Gasteiger partial charge in [0, 0.05) is 25.8 Å². The summed E-state index contributed by atoms with van der Waals surface area (Å²) in [6.45, 7) is 2.17. The summed E-state index contributed by atoms with van der Waals surface area (Å²) in [7, 11) is 1.55. The second-order valence-electron chi connectivity index (χ2n) is 5.47. The van der Waals surface area contributed by atoms with Crippen LogP contribution in [0, 0.1) is 0 Å². The van der Waals surface area contributed by atoms with Crippen molar-refractivity contribution in [2.45, 2.75) is 12.8 Å². The van der Waals surface area contributed by atoms with Gasteiger partial charge in [0.25, 0.3) is 11.8 Å². The largest absolute Gasteiger partial charge is 0.372 e. The van der Waals surface area contributed by atoms with Gasteiger partial charge < -0.3 is 4.90 Å². The molecule has 1 aromatic carbocycles. The highest BCUT2D eigenvalue weighted by atomic mass is 32.1. The van der Waals surface area contributed by atoms with E-state index in [1.165, 1.54) is 23.4 Å². The zero-order chi connectivity index (χ0) is 15.7.